The Morgan fingerprint density at radius 1 is 1.11 bits per heavy atom. The van der Waals surface area contributed by atoms with Gasteiger partial charge in [-0.25, -0.2) is 0 Å². The van der Waals surface area contributed by atoms with E-state index in [0.29, 0.717) is 15.2 Å². The van der Waals surface area contributed by atoms with E-state index < -0.39 is 0 Å². The van der Waals surface area contributed by atoms with E-state index in [9.17, 15) is 4.79 Å². The lowest BCUT2D eigenvalue weighted by atomic mass is 10.2. The summed E-state index contributed by atoms with van der Waals surface area (Å²) >= 11 is 9.25. The summed E-state index contributed by atoms with van der Waals surface area (Å²) in [5, 5.41) is 3.21. The Balaban J connectivity index is 2.11. The first-order valence-electron chi connectivity index (χ1n) is 5.49. The van der Waals surface area contributed by atoms with Crippen molar-refractivity contribution in [1.82, 2.24) is 0 Å². The summed E-state index contributed by atoms with van der Waals surface area (Å²) in [5.41, 5.74) is 1.39. The molecule has 2 aromatic carbocycles. The van der Waals surface area contributed by atoms with Crippen LogP contribution in [0, 0.1) is 11.8 Å². The third-order valence-corrected chi connectivity index (χ3v) is 3.69. The normalized spacial score (nSPS) is 9.37. The van der Waals surface area contributed by atoms with Crippen LogP contribution in [-0.4, -0.2) is 5.91 Å². The topological polar surface area (TPSA) is 29.1 Å². The third kappa shape index (κ3) is 3.85. The quantitative estimate of drug-likeness (QED) is 0.782. The largest absolute Gasteiger partial charge is 0.314 e. The molecule has 0 unspecified atom stereocenters. The van der Waals surface area contributed by atoms with E-state index in [2.05, 4.69) is 33.1 Å². The zero-order valence-electron chi connectivity index (χ0n) is 9.78. The van der Waals surface area contributed by atoms with E-state index in [1.807, 2.05) is 30.3 Å². The molecular formula is C15H9BrClNO. The number of halogens is 2. The van der Waals surface area contributed by atoms with Crippen LogP contribution in [0.1, 0.15) is 5.56 Å². The predicted octanol–water partition coefficient (Wildman–Crippen LogP) is 4.09. The first kappa shape index (κ1) is 13.7. The molecule has 1 N–H and O–H groups in total. The van der Waals surface area contributed by atoms with Gasteiger partial charge in [0.25, 0.3) is 0 Å². The highest BCUT2D eigenvalue weighted by Gasteiger charge is 2.05. The summed E-state index contributed by atoms with van der Waals surface area (Å²) < 4.78 is 0.645. The number of carbonyl (C=O) groups is 1. The molecule has 94 valence electrons. The Bertz CT molecular complexity index is 659. The minimum absolute atomic E-state index is 0.383. The molecule has 0 aromatic heterocycles. The molecule has 0 atom stereocenters. The second kappa shape index (κ2) is 6.42. The molecule has 0 saturated carbocycles. The summed E-state index contributed by atoms with van der Waals surface area (Å²) in [6.45, 7) is 0. The third-order valence-electron chi connectivity index (χ3n) is 2.29. The first-order chi connectivity index (χ1) is 9.16. The fraction of sp³-hybridized carbons (Fsp3) is 0. The van der Waals surface area contributed by atoms with Crippen molar-refractivity contribution < 1.29 is 4.79 Å². The van der Waals surface area contributed by atoms with Gasteiger partial charge in [-0.2, -0.15) is 0 Å². The number of rotatable bonds is 1. The number of amides is 1. The molecule has 2 aromatic rings. The number of anilines is 1. The van der Waals surface area contributed by atoms with E-state index in [1.165, 1.54) is 0 Å². The molecule has 4 heteroatoms. The number of carbonyl (C=O) groups excluding carboxylic acids is 1. The summed E-state index contributed by atoms with van der Waals surface area (Å²) in [6.07, 6.45) is 0. The lowest BCUT2D eigenvalue weighted by Crippen LogP contribution is -2.09. The molecule has 0 saturated heterocycles. The first-order valence-corrected chi connectivity index (χ1v) is 6.66. The molecule has 0 bridgehead atoms. The average molecular weight is 335 g/mol. The van der Waals surface area contributed by atoms with E-state index in [-0.39, 0.29) is 5.91 Å². The van der Waals surface area contributed by atoms with Gasteiger partial charge in [0.1, 0.15) is 0 Å². The predicted molar refractivity (Wildman–Crippen MR) is 81.1 cm³/mol. The van der Waals surface area contributed by atoms with Gasteiger partial charge in [0.05, 0.1) is 15.2 Å². The maximum absolute atomic E-state index is 11.7. The molecular weight excluding hydrogens is 326 g/mol. The maximum atomic E-state index is 11.7. The van der Waals surface area contributed by atoms with Crippen LogP contribution < -0.4 is 5.32 Å². The molecule has 0 aliphatic carbocycles. The minimum Gasteiger partial charge on any atom is -0.314 e. The van der Waals surface area contributed by atoms with Crippen molar-refractivity contribution in [1.29, 1.82) is 0 Å². The van der Waals surface area contributed by atoms with E-state index in [4.69, 9.17) is 11.6 Å². The standard InChI is InChI=1S/C15H9BrClNO/c16-15-12(17)7-4-8-13(15)18-14(19)10-9-11-5-2-1-3-6-11/h1-8H,(H,18,19). The molecule has 0 heterocycles. The monoisotopic (exact) mass is 333 g/mol. The van der Waals surface area contributed by atoms with Gasteiger partial charge in [0.15, 0.2) is 0 Å². The van der Waals surface area contributed by atoms with Crippen LogP contribution in [-0.2, 0) is 4.79 Å². The van der Waals surface area contributed by atoms with Gasteiger partial charge >= 0.3 is 5.91 Å². The summed E-state index contributed by atoms with van der Waals surface area (Å²) in [6, 6.07) is 14.6. The zero-order chi connectivity index (χ0) is 13.7. The van der Waals surface area contributed by atoms with Crippen molar-refractivity contribution in [3.8, 4) is 11.8 Å². The van der Waals surface area contributed by atoms with E-state index in [1.54, 1.807) is 18.2 Å². The Morgan fingerprint density at radius 2 is 1.84 bits per heavy atom. The highest BCUT2D eigenvalue weighted by molar-refractivity contribution is 9.10. The van der Waals surface area contributed by atoms with E-state index >= 15 is 0 Å². The fourth-order valence-electron chi connectivity index (χ4n) is 1.40. The smallest absolute Gasteiger partial charge is 0.300 e. The van der Waals surface area contributed by atoms with Gasteiger partial charge < -0.3 is 5.32 Å². The van der Waals surface area contributed by atoms with E-state index in [0.717, 1.165) is 5.56 Å². The van der Waals surface area contributed by atoms with Gasteiger partial charge in [-0.3, -0.25) is 4.79 Å². The Hall–Kier alpha value is -1.76. The zero-order valence-corrected chi connectivity index (χ0v) is 12.1. The second-order valence-electron chi connectivity index (χ2n) is 3.67. The molecule has 2 rings (SSSR count). The molecule has 0 aliphatic heterocycles. The number of hydrogen-bond donors (Lipinski definition) is 1. The summed E-state index contributed by atoms with van der Waals surface area (Å²) in [4.78, 5) is 11.7. The van der Waals surface area contributed by atoms with Crippen molar-refractivity contribution in [3.05, 3.63) is 63.6 Å². The molecule has 0 fully saturated rings. The van der Waals surface area contributed by atoms with Crippen LogP contribution in [0.2, 0.25) is 5.02 Å². The van der Waals surface area contributed by atoms with Crippen LogP contribution in [0.15, 0.2) is 53.0 Å². The number of nitrogens with one attached hydrogen (secondary N) is 1. The number of benzene rings is 2. The minimum atomic E-state index is -0.383. The Labute approximate surface area is 124 Å². The van der Waals surface area contributed by atoms with Gasteiger partial charge in [-0.1, -0.05) is 41.8 Å². The lowest BCUT2D eigenvalue weighted by Gasteiger charge is -2.04. The van der Waals surface area contributed by atoms with Crippen LogP contribution in [0.5, 0.6) is 0 Å². The highest BCUT2D eigenvalue weighted by Crippen LogP contribution is 2.29. The SMILES string of the molecule is O=C(C#Cc1ccccc1)Nc1cccc(Cl)c1Br. The van der Waals surface area contributed by atoms with Gasteiger partial charge in [-0.05, 0) is 40.2 Å². The summed E-state index contributed by atoms with van der Waals surface area (Å²) in [7, 11) is 0. The Morgan fingerprint density at radius 3 is 2.58 bits per heavy atom. The molecule has 1 amide bonds. The Kier molecular flexibility index (Phi) is 4.62. The van der Waals surface area contributed by atoms with Gasteiger partial charge in [0, 0.05) is 11.5 Å². The van der Waals surface area contributed by atoms with Crippen LogP contribution in [0.3, 0.4) is 0 Å². The van der Waals surface area contributed by atoms with Gasteiger partial charge in [-0.15, -0.1) is 0 Å². The molecule has 0 aliphatic rings. The second-order valence-corrected chi connectivity index (χ2v) is 4.87. The summed E-state index contributed by atoms with van der Waals surface area (Å²) in [5.74, 6) is 4.94. The maximum Gasteiger partial charge on any atom is 0.300 e. The molecule has 2 nitrogen and oxygen atoms in total. The highest BCUT2D eigenvalue weighted by atomic mass is 79.9. The van der Waals surface area contributed by atoms with Crippen LogP contribution in [0.25, 0.3) is 0 Å². The van der Waals surface area contributed by atoms with Gasteiger partial charge in [0.2, 0.25) is 0 Å². The lowest BCUT2D eigenvalue weighted by molar-refractivity contribution is -0.111. The van der Waals surface area contributed by atoms with Crippen molar-refractivity contribution in [2.24, 2.45) is 0 Å². The van der Waals surface area contributed by atoms with Crippen molar-refractivity contribution in [3.63, 3.8) is 0 Å². The van der Waals surface area contributed by atoms with Crippen molar-refractivity contribution in [2.75, 3.05) is 5.32 Å². The fourth-order valence-corrected chi connectivity index (χ4v) is 1.94. The number of hydrogen-bond acceptors (Lipinski definition) is 1. The molecule has 19 heavy (non-hydrogen) atoms. The van der Waals surface area contributed by atoms with Crippen LogP contribution in [0.4, 0.5) is 5.69 Å². The van der Waals surface area contributed by atoms with Crippen molar-refractivity contribution >= 4 is 39.1 Å². The average Bonchev–Trinajstić information content (AvgIpc) is 2.43. The van der Waals surface area contributed by atoms with Crippen LogP contribution >= 0.6 is 27.5 Å². The molecule has 0 spiro atoms. The van der Waals surface area contributed by atoms with Crippen molar-refractivity contribution in [2.45, 2.75) is 0 Å². The molecule has 0 radical (unpaired) electrons.